The molecule has 5 heteroatoms. The molecule has 0 saturated carbocycles. The van der Waals surface area contributed by atoms with E-state index in [0.29, 0.717) is 22.8 Å². The highest BCUT2D eigenvalue weighted by Gasteiger charge is 2.06. The van der Waals surface area contributed by atoms with E-state index in [1.165, 1.54) is 12.1 Å². The van der Waals surface area contributed by atoms with Crippen molar-refractivity contribution in [3.63, 3.8) is 0 Å². The maximum absolute atomic E-state index is 13.2. The van der Waals surface area contributed by atoms with Crippen LogP contribution in [0.5, 0.6) is 0 Å². The van der Waals surface area contributed by atoms with E-state index >= 15 is 0 Å². The zero-order valence-electron chi connectivity index (χ0n) is 9.99. The van der Waals surface area contributed by atoms with Crippen molar-refractivity contribution in [2.24, 2.45) is 5.73 Å². The van der Waals surface area contributed by atoms with Crippen molar-refractivity contribution in [1.29, 1.82) is 0 Å². The Morgan fingerprint density at radius 3 is 2.74 bits per heavy atom. The molecule has 2 nitrogen and oxygen atoms in total. The predicted octanol–water partition coefficient (Wildman–Crippen LogP) is 3.73. The first-order valence-electron chi connectivity index (χ1n) is 5.64. The molecule has 0 amide bonds. The van der Waals surface area contributed by atoms with Crippen molar-refractivity contribution in [2.75, 3.05) is 5.32 Å². The van der Waals surface area contributed by atoms with Crippen LogP contribution in [0, 0.1) is 5.82 Å². The summed E-state index contributed by atoms with van der Waals surface area (Å²) in [4.78, 5) is 0.160. The first-order chi connectivity index (χ1) is 9.06. The van der Waals surface area contributed by atoms with Gasteiger partial charge in [-0.1, -0.05) is 36.0 Å². The van der Waals surface area contributed by atoms with E-state index in [0.717, 1.165) is 5.56 Å². The summed E-state index contributed by atoms with van der Waals surface area (Å²) in [6.45, 7) is 0.557. The Hall–Kier alpha value is -1.65. The highest BCUT2D eigenvalue weighted by molar-refractivity contribution is 7.80. The van der Waals surface area contributed by atoms with E-state index in [2.05, 4.69) is 5.32 Å². The van der Waals surface area contributed by atoms with Gasteiger partial charge in [0, 0.05) is 22.8 Å². The summed E-state index contributed by atoms with van der Waals surface area (Å²) in [6, 6.07) is 11.8. The number of anilines is 1. The molecule has 0 spiro atoms. The van der Waals surface area contributed by atoms with Crippen LogP contribution in [0.3, 0.4) is 0 Å². The molecule has 0 aliphatic carbocycles. The first-order valence-corrected chi connectivity index (χ1v) is 6.42. The van der Waals surface area contributed by atoms with Crippen LogP contribution in [0.15, 0.2) is 42.5 Å². The molecule has 0 aliphatic heterocycles. The largest absolute Gasteiger partial charge is 0.389 e. The normalized spacial score (nSPS) is 10.2. The number of thiocarbonyl (C=S) groups is 1. The summed E-state index contributed by atoms with van der Waals surface area (Å²) in [6.07, 6.45) is 0. The fourth-order valence-electron chi connectivity index (χ4n) is 1.72. The Balaban J connectivity index is 2.17. The van der Waals surface area contributed by atoms with Crippen molar-refractivity contribution < 1.29 is 4.39 Å². The van der Waals surface area contributed by atoms with Crippen molar-refractivity contribution in [3.8, 4) is 0 Å². The van der Waals surface area contributed by atoms with Gasteiger partial charge in [-0.2, -0.15) is 0 Å². The topological polar surface area (TPSA) is 38.0 Å². The lowest BCUT2D eigenvalue weighted by molar-refractivity contribution is 0.627. The van der Waals surface area contributed by atoms with Gasteiger partial charge in [-0.05, 0) is 35.9 Å². The van der Waals surface area contributed by atoms with E-state index in [-0.39, 0.29) is 10.8 Å². The molecule has 98 valence electrons. The van der Waals surface area contributed by atoms with Crippen molar-refractivity contribution >= 4 is 34.5 Å². The fraction of sp³-hybridized carbons (Fsp3) is 0.0714. The molecule has 0 radical (unpaired) electrons. The van der Waals surface area contributed by atoms with E-state index in [1.54, 1.807) is 6.07 Å². The molecule has 3 N–H and O–H groups in total. The molecule has 19 heavy (non-hydrogen) atoms. The van der Waals surface area contributed by atoms with Gasteiger partial charge in [-0.3, -0.25) is 0 Å². The Bertz CT molecular complexity index is 616. The highest BCUT2D eigenvalue weighted by Crippen LogP contribution is 2.19. The minimum atomic E-state index is -0.365. The second kappa shape index (κ2) is 5.99. The second-order valence-electron chi connectivity index (χ2n) is 4.04. The summed E-state index contributed by atoms with van der Waals surface area (Å²) >= 11 is 10.8. The quantitative estimate of drug-likeness (QED) is 0.844. The third-order valence-electron chi connectivity index (χ3n) is 2.62. The molecule has 2 aromatic carbocycles. The summed E-state index contributed by atoms with van der Waals surface area (Å²) in [5.74, 6) is -0.365. The molecule has 0 heterocycles. The monoisotopic (exact) mass is 294 g/mol. The van der Waals surface area contributed by atoms with Crippen LogP contribution < -0.4 is 11.1 Å². The molecule has 2 rings (SSSR count). The van der Waals surface area contributed by atoms with Gasteiger partial charge < -0.3 is 11.1 Å². The molecule has 0 aromatic heterocycles. The van der Waals surface area contributed by atoms with E-state index in [1.807, 2.05) is 24.3 Å². The third kappa shape index (κ3) is 3.66. The number of hydrogen-bond donors (Lipinski definition) is 2. The zero-order valence-corrected chi connectivity index (χ0v) is 11.6. The van der Waals surface area contributed by atoms with Crippen LogP contribution in [0.4, 0.5) is 10.1 Å². The standard InChI is InChI=1S/C14H12ClFN2S/c15-10-3-1-2-9(6-10)8-18-13-5-4-11(16)7-12(13)14(17)19/h1-7,18H,8H2,(H2,17,19). The molecular weight excluding hydrogens is 283 g/mol. The van der Waals surface area contributed by atoms with Crippen LogP contribution in [0.1, 0.15) is 11.1 Å². The summed E-state index contributed by atoms with van der Waals surface area (Å²) < 4.78 is 13.2. The maximum atomic E-state index is 13.2. The summed E-state index contributed by atoms with van der Waals surface area (Å²) in [5, 5.41) is 3.85. The van der Waals surface area contributed by atoms with Crippen molar-refractivity contribution in [1.82, 2.24) is 0 Å². The highest BCUT2D eigenvalue weighted by atomic mass is 35.5. The van der Waals surface area contributed by atoms with Crippen LogP contribution in [-0.2, 0) is 6.54 Å². The second-order valence-corrected chi connectivity index (χ2v) is 4.91. The average Bonchev–Trinajstić information content (AvgIpc) is 2.37. The van der Waals surface area contributed by atoms with Gasteiger partial charge in [0.1, 0.15) is 10.8 Å². The molecule has 0 fully saturated rings. The number of nitrogens with one attached hydrogen (secondary N) is 1. The molecule has 0 saturated heterocycles. The Kier molecular flexibility index (Phi) is 4.35. The van der Waals surface area contributed by atoms with Gasteiger partial charge in [0.25, 0.3) is 0 Å². The lowest BCUT2D eigenvalue weighted by Crippen LogP contribution is -2.13. The molecular formula is C14H12ClFN2S. The van der Waals surface area contributed by atoms with E-state index in [9.17, 15) is 4.39 Å². The van der Waals surface area contributed by atoms with Gasteiger partial charge in [0.15, 0.2) is 0 Å². The Morgan fingerprint density at radius 2 is 2.05 bits per heavy atom. The minimum absolute atomic E-state index is 0.160. The number of hydrogen-bond acceptors (Lipinski definition) is 2. The SMILES string of the molecule is NC(=S)c1cc(F)ccc1NCc1cccc(Cl)c1. The van der Waals surface area contributed by atoms with Crippen LogP contribution >= 0.6 is 23.8 Å². The van der Waals surface area contributed by atoms with Gasteiger partial charge in [-0.25, -0.2) is 4.39 Å². The van der Waals surface area contributed by atoms with Crippen LogP contribution in [0.2, 0.25) is 5.02 Å². The lowest BCUT2D eigenvalue weighted by atomic mass is 10.1. The number of halogens is 2. The van der Waals surface area contributed by atoms with Gasteiger partial charge >= 0.3 is 0 Å². The van der Waals surface area contributed by atoms with Gasteiger partial charge in [0.05, 0.1) is 0 Å². The maximum Gasteiger partial charge on any atom is 0.124 e. The molecule has 0 aliphatic rings. The molecule has 0 atom stereocenters. The zero-order chi connectivity index (χ0) is 13.8. The smallest absolute Gasteiger partial charge is 0.124 e. The third-order valence-corrected chi connectivity index (χ3v) is 3.07. The summed E-state index contributed by atoms with van der Waals surface area (Å²) in [7, 11) is 0. The van der Waals surface area contributed by atoms with Crippen LogP contribution in [-0.4, -0.2) is 4.99 Å². The van der Waals surface area contributed by atoms with Crippen molar-refractivity contribution in [2.45, 2.75) is 6.54 Å². The number of rotatable bonds is 4. The van der Waals surface area contributed by atoms with Gasteiger partial charge in [-0.15, -0.1) is 0 Å². The number of nitrogens with two attached hydrogens (primary N) is 1. The molecule has 2 aromatic rings. The van der Waals surface area contributed by atoms with Crippen LogP contribution in [0.25, 0.3) is 0 Å². The van der Waals surface area contributed by atoms with E-state index < -0.39 is 0 Å². The minimum Gasteiger partial charge on any atom is -0.389 e. The first kappa shape index (κ1) is 13.8. The lowest BCUT2D eigenvalue weighted by Gasteiger charge is -2.11. The fourth-order valence-corrected chi connectivity index (χ4v) is 2.10. The molecule has 0 unspecified atom stereocenters. The van der Waals surface area contributed by atoms with E-state index in [4.69, 9.17) is 29.6 Å². The molecule has 0 bridgehead atoms. The summed E-state index contributed by atoms with van der Waals surface area (Å²) in [5.41, 5.74) is 7.80. The Morgan fingerprint density at radius 1 is 1.26 bits per heavy atom. The number of benzene rings is 2. The Labute approximate surface area is 121 Å². The average molecular weight is 295 g/mol. The predicted molar refractivity (Wildman–Crippen MR) is 81.1 cm³/mol. The van der Waals surface area contributed by atoms with Crippen molar-refractivity contribution in [3.05, 3.63) is 64.4 Å². The van der Waals surface area contributed by atoms with Gasteiger partial charge in [0.2, 0.25) is 0 Å².